The van der Waals surface area contributed by atoms with Gasteiger partial charge >= 0.3 is 5.97 Å². The van der Waals surface area contributed by atoms with Gasteiger partial charge in [-0.2, -0.15) is 0 Å². The number of carboxylic acids is 1. The molecule has 1 N–H and O–H groups in total. The number of methoxy groups -OCH3 is 1. The zero-order valence-electron chi connectivity index (χ0n) is 16.0. The summed E-state index contributed by atoms with van der Waals surface area (Å²) >= 11 is 0. The third-order valence-corrected chi connectivity index (χ3v) is 5.61. The maximum absolute atomic E-state index is 11.2. The number of ether oxygens (including phenoxy) is 1. The number of hydrogen-bond acceptors (Lipinski definition) is 4. The largest absolute Gasteiger partial charge is 0.478 e. The van der Waals surface area contributed by atoms with Crippen LogP contribution in [0.1, 0.15) is 34.7 Å². The molecule has 6 nitrogen and oxygen atoms in total. The number of nitrogens with zero attached hydrogens (tertiary/aromatic N) is 3. The monoisotopic (exact) mass is 379 g/mol. The number of aromatic nitrogens is 2. The van der Waals surface area contributed by atoms with Gasteiger partial charge < -0.3 is 14.7 Å². The van der Waals surface area contributed by atoms with Crippen LogP contribution in [0.25, 0.3) is 16.7 Å². The summed E-state index contributed by atoms with van der Waals surface area (Å²) in [5, 5.41) is 9.17. The lowest BCUT2D eigenvalue weighted by Gasteiger charge is -2.32. The molecule has 3 aromatic rings. The van der Waals surface area contributed by atoms with E-state index in [0.717, 1.165) is 50.3 Å². The van der Waals surface area contributed by atoms with Crippen LogP contribution in [-0.4, -0.2) is 58.9 Å². The average Bonchev–Trinajstić information content (AvgIpc) is 3.16. The molecule has 1 saturated heterocycles. The minimum absolute atomic E-state index is 0.256. The fourth-order valence-corrected chi connectivity index (χ4v) is 3.99. The molecule has 1 aliphatic rings. The summed E-state index contributed by atoms with van der Waals surface area (Å²) in [4.78, 5) is 18.0. The lowest BCUT2D eigenvalue weighted by Crippen LogP contribution is -2.35. The van der Waals surface area contributed by atoms with E-state index >= 15 is 0 Å². The van der Waals surface area contributed by atoms with Crippen molar-refractivity contribution in [2.45, 2.75) is 18.8 Å². The first-order chi connectivity index (χ1) is 13.7. The van der Waals surface area contributed by atoms with E-state index in [-0.39, 0.29) is 5.56 Å². The van der Waals surface area contributed by atoms with Gasteiger partial charge in [-0.1, -0.05) is 12.1 Å². The van der Waals surface area contributed by atoms with Gasteiger partial charge in [-0.25, -0.2) is 9.78 Å². The van der Waals surface area contributed by atoms with Crippen LogP contribution in [0, 0.1) is 0 Å². The number of carboxylic acid groups (broad SMARTS) is 1. The Hall–Kier alpha value is -2.70. The van der Waals surface area contributed by atoms with E-state index in [4.69, 9.17) is 4.74 Å². The summed E-state index contributed by atoms with van der Waals surface area (Å²) in [6.07, 6.45) is 4.07. The lowest BCUT2D eigenvalue weighted by atomic mass is 9.89. The first-order valence-electron chi connectivity index (χ1n) is 9.68. The van der Waals surface area contributed by atoms with E-state index in [0.29, 0.717) is 11.4 Å². The molecular weight excluding hydrogens is 354 g/mol. The zero-order valence-corrected chi connectivity index (χ0v) is 16.0. The van der Waals surface area contributed by atoms with Gasteiger partial charge in [0.1, 0.15) is 6.33 Å². The maximum Gasteiger partial charge on any atom is 0.335 e. The summed E-state index contributed by atoms with van der Waals surface area (Å²) in [5.41, 5.74) is 4.28. The van der Waals surface area contributed by atoms with Gasteiger partial charge in [-0.15, -0.1) is 0 Å². The zero-order chi connectivity index (χ0) is 19.5. The summed E-state index contributed by atoms with van der Waals surface area (Å²) in [5.74, 6) is -0.373. The Kier molecular flexibility index (Phi) is 5.41. The van der Waals surface area contributed by atoms with E-state index in [1.54, 1.807) is 25.6 Å². The molecular formula is C22H25N3O3. The highest BCUT2D eigenvalue weighted by Gasteiger charge is 2.20. The van der Waals surface area contributed by atoms with Crippen molar-refractivity contribution in [3.05, 3.63) is 59.9 Å². The van der Waals surface area contributed by atoms with Crippen molar-refractivity contribution in [2.24, 2.45) is 0 Å². The van der Waals surface area contributed by atoms with Crippen LogP contribution in [0.2, 0.25) is 0 Å². The maximum atomic E-state index is 11.2. The smallest absolute Gasteiger partial charge is 0.335 e. The Balaban J connectivity index is 1.55. The van der Waals surface area contributed by atoms with Gasteiger partial charge in [-0.3, -0.25) is 4.57 Å². The van der Waals surface area contributed by atoms with Gasteiger partial charge in [-0.05, 0) is 67.7 Å². The molecule has 1 aromatic heterocycles. The van der Waals surface area contributed by atoms with Crippen LogP contribution in [0.5, 0.6) is 0 Å². The van der Waals surface area contributed by atoms with E-state index in [1.807, 2.05) is 10.6 Å². The van der Waals surface area contributed by atoms with Crippen molar-refractivity contribution in [1.29, 1.82) is 0 Å². The molecule has 0 atom stereocenters. The van der Waals surface area contributed by atoms with Crippen LogP contribution in [0.4, 0.5) is 0 Å². The molecule has 4 rings (SSSR count). The molecule has 0 unspecified atom stereocenters. The molecule has 0 amide bonds. The Bertz CT molecular complexity index is 974. The predicted octanol–water partition coefficient (Wildman–Crippen LogP) is 3.55. The molecule has 0 spiro atoms. The van der Waals surface area contributed by atoms with E-state index in [1.165, 1.54) is 5.56 Å². The summed E-state index contributed by atoms with van der Waals surface area (Å²) < 4.78 is 7.21. The van der Waals surface area contributed by atoms with Crippen molar-refractivity contribution in [3.63, 3.8) is 0 Å². The number of carbonyl (C=O) groups is 1. The minimum atomic E-state index is -0.935. The third-order valence-electron chi connectivity index (χ3n) is 5.61. The number of fused-ring (bicyclic) bond motifs is 1. The third kappa shape index (κ3) is 3.79. The van der Waals surface area contributed by atoms with Crippen LogP contribution in [0.15, 0.2) is 48.8 Å². The lowest BCUT2D eigenvalue weighted by molar-refractivity contribution is 0.0697. The van der Waals surface area contributed by atoms with Crippen molar-refractivity contribution < 1.29 is 14.6 Å². The standard InChI is InChI=1S/C22H25N3O3/c1-28-12-11-24-9-7-16(8-10-24)17-3-2-4-19(13-17)25-15-23-20-14-18(22(26)27)5-6-21(20)25/h2-6,13-16H,7-12H2,1H3,(H,26,27). The number of aromatic carboxylic acids is 1. The first kappa shape index (κ1) is 18.7. The molecule has 1 aliphatic heterocycles. The molecule has 0 aliphatic carbocycles. The van der Waals surface area contributed by atoms with Crippen molar-refractivity contribution >= 4 is 17.0 Å². The molecule has 146 valence electrons. The quantitative estimate of drug-likeness (QED) is 0.709. The summed E-state index contributed by atoms with van der Waals surface area (Å²) in [7, 11) is 1.75. The highest BCUT2D eigenvalue weighted by Crippen LogP contribution is 2.30. The molecule has 6 heteroatoms. The summed E-state index contributed by atoms with van der Waals surface area (Å²) in [6, 6.07) is 13.7. The Morgan fingerprint density at radius 3 is 2.79 bits per heavy atom. The van der Waals surface area contributed by atoms with Crippen molar-refractivity contribution in [2.75, 3.05) is 33.4 Å². The fraction of sp³-hybridized carbons (Fsp3) is 0.364. The normalized spacial score (nSPS) is 15.9. The van der Waals surface area contributed by atoms with Crippen LogP contribution < -0.4 is 0 Å². The second-order valence-corrected chi connectivity index (χ2v) is 7.33. The number of imidazole rings is 1. The highest BCUT2D eigenvalue weighted by atomic mass is 16.5. The topological polar surface area (TPSA) is 67.6 Å². The van der Waals surface area contributed by atoms with E-state index in [2.05, 4.69) is 34.1 Å². The molecule has 0 saturated carbocycles. The van der Waals surface area contributed by atoms with E-state index < -0.39 is 5.97 Å². The second kappa shape index (κ2) is 8.12. The highest BCUT2D eigenvalue weighted by molar-refractivity contribution is 5.92. The Morgan fingerprint density at radius 2 is 2.04 bits per heavy atom. The van der Waals surface area contributed by atoms with Gasteiger partial charge in [0, 0.05) is 19.3 Å². The van der Waals surface area contributed by atoms with Crippen molar-refractivity contribution in [1.82, 2.24) is 14.5 Å². The van der Waals surface area contributed by atoms with Crippen LogP contribution >= 0.6 is 0 Å². The Morgan fingerprint density at radius 1 is 1.21 bits per heavy atom. The summed E-state index contributed by atoms with van der Waals surface area (Å²) in [6.45, 7) is 3.99. The second-order valence-electron chi connectivity index (χ2n) is 7.33. The number of benzene rings is 2. The van der Waals surface area contributed by atoms with Crippen molar-refractivity contribution in [3.8, 4) is 5.69 Å². The molecule has 0 radical (unpaired) electrons. The SMILES string of the molecule is COCCN1CCC(c2cccc(-n3cnc4cc(C(=O)O)ccc43)c2)CC1. The van der Waals surface area contributed by atoms with Crippen LogP contribution in [0.3, 0.4) is 0 Å². The van der Waals surface area contributed by atoms with Gasteiger partial charge in [0.15, 0.2) is 0 Å². The van der Waals surface area contributed by atoms with Gasteiger partial charge in [0.05, 0.1) is 23.2 Å². The number of rotatable bonds is 6. The van der Waals surface area contributed by atoms with E-state index in [9.17, 15) is 9.90 Å². The molecule has 1 fully saturated rings. The molecule has 28 heavy (non-hydrogen) atoms. The van der Waals surface area contributed by atoms with Crippen LogP contribution in [-0.2, 0) is 4.74 Å². The fourth-order valence-electron chi connectivity index (χ4n) is 3.99. The van der Waals surface area contributed by atoms with Gasteiger partial charge in [0.25, 0.3) is 0 Å². The van der Waals surface area contributed by atoms with Gasteiger partial charge in [0.2, 0.25) is 0 Å². The Labute approximate surface area is 164 Å². The number of hydrogen-bond donors (Lipinski definition) is 1. The predicted molar refractivity (Wildman–Crippen MR) is 108 cm³/mol. The average molecular weight is 379 g/mol. The molecule has 2 aromatic carbocycles. The first-order valence-corrected chi connectivity index (χ1v) is 9.68. The minimum Gasteiger partial charge on any atom is -0.478 e. The number of likely N-dealkylation sites (tertiary alicyclic amines) is 1. The number of piperidine rings is 1. The molecule has 0 bridgehead atoms. The molecule has 2 heterocycles.